The molecule has 0 aliphatic heterocycles. The summed E-state index contributed by atoms with van der Waals surface area (Å²) in [5.74, 6) is 1.39. The standard InChI is InChI=1S/C22H23N3OS/c1-3-25-21(19-10-5-4-7-15(19)2)23-24-22(25)27-14-20(26)18-12-11-16-8-6-9-17(16)13-18/h4-5,7,10-13H,3,6,8-9,14H2,1-2H3. The molecule has 138 valence electrons. The zero-order valence-corrected chi connectivity index (χ0v) is 16.6. The van der Waals surface area contributed by atoms with E-state index >= 15 is 0 Å². The van der Waals surface area contributed by atoms with Gasteiger partial charge in [-0.1, -0.05) is 48.2 Å². The van der Waals surface area contributed by atoms with Crippen molar-refractivity contribution in [3.05, 3.63) is 64.7 Å². The molecular weight excluding hydrogens is 354 g/mol. The van der Waals surface area contributed by atoms with Crippen LogP contribution in [0, 0.1) is 6.92 Å². The number of carbonyl (C=O) groups excluding carboxylic acids is 1. The van der Waals surface area contributed by atoms with Gasteiger partial charge in [0.15, 0.2) is 16.8 Å². The molecule has 0 fully saturated rings. The molecule has 0 saturated heterocycles. The van der Waals surface area contributed by atoms with E-state index in [-0.39, 0.29) is 5.78 Å². The van der Waals surface area contributed by atoms with E-state index in [4.69, 9.17) is 0 Å². The second-order valence-corrected chi connectivity index (χ2v) is 7.86. The Morgan fingerprint density at radius 3 is 2.74 bits per heavy atom. The summed E-state index contributed by atoms with van der Waals surface area (Å²) in [6, 6.07) is 14.3. The van der Waals surface area contributed by atoms with Crippen LogP contribution in [0.25, 0.3) is 11.4 Å². The monoisotopic (exact) mass is 377 g/mol. The molecule has 4 rings (SSSR count). The van der Waals surface area contributed by atoms with Crippen molar-refractivity contribution in [3.63, 3.8) is 0 Å². The van der Waals surface area contributed by atoms with E-state index in [1.54, 1.807) is 0 Å². The highest BCUT2D eigenvalue weighted by Crippen LogP contribution is 2.27. The van der Waals surface area contributed by atoms with Crippen molar-refractivity contribution in [2.45, 2.75) is 44.8 Å². The van der Waals surface area contributed by atoms with Gasteiger partial charge in [-0.3, -0.25) is 4.79 Å². The molecule has 0 N–H and O–H groups in total. The SMILES string of the molecule is CCn1c(SCC(=O)c2ccc3c(c2)CCC3)nnc1-c1ccccc1C. The van der Waals surface area contributed by atoms with Crippen LogP contribution in [0.15, 0.2) is 47.6 Å². The van der Waals surface area contributed by atoms with Crippen molar-refractivity contribution >= 4 is 17.5 Å². The molecular formula is C22H23N3OS. The topological polar surface area (TPSA) is 47.8 Å². The first kappa shape index (κ1) is 18.0. The van der Waals surface area contributed by atoms with Crippen molar-refractivity contribution < 1.29 is 4.79 Å². The van der Waals surface area contributed by atoms with Gasteiger partial charge in [-0.15, -0.1) is 10.2 Å². The number of benzene rings is 2. The molecule has 0 spiro atoms. The summed E-state index contributed by atoms with van der Waals surface area (Å²) in [6.45, 7) is 4.93. The number of rotatable bonds is 6. The first-order chi connectivity index (χ1) is 13.2. The Morgan fingerprint density at radius 1 is 1.11 bits per heavy atom. The highest BCUT2D eigenvalue weighted by Gasteiger charge is 2.18. The Kier molecular flexibility index (Phi) is 5.12. The van der Waals surface area contributed by atoms with Crippen molar-refractivity contribution in [1.82, 2.24) is 14.8 Å². The van der Waals surface area contributed by atoms with E-state index in [0.717, 1.165) is 41.5 Å². The highest BCUT2D eigenvalue weighted by atomic mass is 32.2. The predicted molar refractivity (Wildman–Crippen MR) is 109 cm³/mol. The Bertz CT molecular complexity index is 993. The lowest BCUT2D eigenvalue weighted by molar-refractivity contribution is 0.102. The summed E-state index contributed by atoms with van der Waals surface area (Å²) in [5, 5.41) is 9.55. The van der Waals surface area contributed by atoms with Crippen LogP contribution in [-0.4, -0.2) is 26.3 Å². The van der Waals surface area contributed by atoms with Crippen LogP contribution in [0.1, 0.15) is 40.4 Å². The number of Topliss-reactive ketones (excluding diaryl/α,β-unsaturated/α-hetero) is 1. The number of ketones is 1. The molecule has 27 heavy (non-hydrogen) atoms. The zero-order chi connectivity index (χ0) is 18.8. The molecule has 0 atom stereocenters. The Labute approximate surface area is 164 Å². The lowest BCUT2D eigenvalue weighted by Gasteiger charge is -2.09. The molecule has 0 radical (unpaired) electrons. The average molecular weight is 378 g/mol. The smallest absolute Gasteiger partial charge is 0.191 e. The third-order valence-electron chi connectivity index (χ3n) is 5.17. The number of thioether (sulfide) groups is 1. The molecule has 1 aliphatic rings. The molecule has 0 bridgehead atoms. The molecule has 0 unspecified atom stereocenters. The van der Waals surface area contributed by atoms with Crippen LogP contribution >= 0.6 is 11.8 Å². The largest absolute Gasteiger partial charge is 0.302 e. The van der Waals surface area contributed by atoms with E-state index in [1.165, 1.54) is 34.9 Å². The molecule has 0 amide bonds. The van der Waals surface area contributed by atoms with Crippen LogP contribution in [0.2, 0.25) is 0 Å². The van der Waals surface area contributed by atoms with Crippen molar-refractivity contribution in [1.29, 1.82) is 0 Å². The molecule has 1 aliphatic carbocycles. The van der Waals surface area contributed by atoms with Gasteiger partial charge in [-0.2, -0.15) is 0 Å². The van der Waals surface area contributed by atoms with E-state index in [1.807, 2.05) is 18.2 Å². The van der Waals surface area contributed by atoms with E-state index in [0.29, 0.717) is 5.75 Å². The Hall–Kier alpha value is -2.40. The lowest BCUT2D eigenvalue weighted by Crippen LogP contribution is -2.06. The lowest BCUT2D eigenvalue weighted by atomic mass is 10.0. The summed E-state index contributed by atoms with van der Waals surface area (Å²) in [7, 11) is 0. The predicted octanol–water partition coefficient (Wildman–Crippen LogP) is 4.74. The molecule has 4 nitrogen and oxygen atoms in total. The summed E-state index contributed by atoms with van der Waals surface area (Å²) < 4.78 is 2.09. The van der Waals surface area contributed by atoms with Crippen LogP contribution in [0.4, 0.5) is 0 Å². The van der Waals surface area contributed by atoms with Gasteiger partial charge in [0.05, 0.1) is 5.75 Å². The average Bonchev–Trinajstić information content (AvgIpc) is 3.32. The number of aryl methyl sites for hydroxylation is 3. The molecule has 3 aromatic rings. The van der Waals surface area contributed by atoms with Gasteiger partial charge in [0, 0.05) is 17.7 Å². The minimum Gasteiger partial charge on any atom is -0.302 e. The summed E-state index contributed by atoms with van der Waals surface area (Å²) in [6.07, 6.45) is 3.43. The third-order valence-corrected chi connectivity index (χ3v) is 6.14. The van der Waals surface area contributed by atoms with E-state index in [9.17, 15) is 4.79 Å². The fraction of sp³-hybridized carbons (Fsp3) is 0.318. The van der Waals surface area contributed by atoms with Gasteiger partial charge in [0.2, 0.25) is 0 Å². The van der Waals surface area contributed by atoms with Crippen LogP contribution in [0.3, 0.4) is 0 Å². The second kappa shape index (κ2) is 7.69. The molecule has 5 heteroatoms. The first-order valence-corrected chi connectivity index (χ1v) is 10.4. The fourth-order valence-electron chi connectivity index (χ4n) is 3.66. The Morgan fingerprint density at radius 2 is 1.93 bits per heavy atom. The summed E-state index contributed by atoms with van der Waals surface area (Å²) >= 11 is 1.47. The van der Waals surface area contributed by atoms with Gasteiger partial charge in [-0.25, -0.2) is 0 Å². The maximum Gasteiger partial charge on any atom is 0.191 e. The van der Waals surface area contributed by atoms with Crippen molar-refractivity contribution in [2.75, 3.05) is 5.75 Å². The molecule has 1 heterocycles. The normalized spacial score (nSPS) is 13.0. The maximum atomic E-state index is 12.7. The molecule has 1 aromatic heterocycles. The zero-order valence-electron chi connectivity index (χ0n) is 15.7. The second-order valence-electron chi connectivity index (χ2n) is 6.91. The Balaban J connectivity index is 1.52. The minimum atomic E-state index is 0.151. The third kappa shape index (κ3) is 3.56. The number of nitrogens with zero attached hydrogens (tertiary/aromatic N) is 3. The van der Waals surface area contributed by atoms with Gasteiger partial charge >= 0.3 is 0 Å². The molecule has 0 saturated carbocycles. The van der Waals surface area contributed by atoms with E-state index < -0.39 is 0 Å². The number of aromatic nitrogens is 3. The number of hydrogen-bond acceptors (Lipinski definition) is 4. The van der Waals surface area contributed by atoms with Gasteiger partial charge in [-0.05, 0) is 55.9 Å². The summed E-state index contributed by atoms with van der Waals surface area (Å²) in [5.41, 5.74) is 5.80. The van der Waals surface area contributed by atoms with Crippen molar-refractivity contribution in [2.24, 2.45) is 0 Å². The highest BCUT2D eigenvalue weighted by molar-refractivity contribution is 7.99. The van der Waals surface area contributed by atoms with Crippen molar-refractivity contribution in [3.8, 4) is 11.4 Å². The first-order valence-electron chi connectivity index (χ1n) is 9.44. The van der Waals surface area contributed by atoms with Crippen LogP contribution < -0.4 is 0 Å². The van der Waals surface area contributed by atoms with Crippen LogP contribution in [0.5, 0.6) is 0 Å². The maximum absolute atomic E-state index is 12.7. The number of carbonyl (C=O) groups is 1. The van der Waals surface area contributed by atoms with E-state index in [2.05, 4.69) is 52.9 Å². The van der Waals surface area contributed by atoms with Gasteiger partial charge in [0.1, 0.15) is 0 Å². The van der Waals surface area contributed by atoms with Crippen LogP contribution in [-0.2, 0) is 19.4 Å². The van der Waals surface area contributed by atoms with Gasteiger partial charge in [0.25, 0.3) is 0 Å². The quantitative estimate of drug-likeness (QED) is 0.460. The van der Waals surface area contributed by atoms with Gasteiger partial charge < -0.3 is 4.57 Å². The minimum absolute atomic E-state index is 0.151. The molecule has 2 aromatic carbocycles. The summed E-state index contributed by atoms with van der Waals surface area (Å²) in [4.78, 5) is 12.7. The number of fused-ring (bicyclic) bond motifs is 1. The fourth-order valence-corrected chi connectivity index (χ4v) is 4.56. The number of hydrogen-bond donors (Lipinski definition) is 0.